The molecule has 152 valence electrons. The third-order valence-electron chi connectivity index (χ3n) is 6.03. The van der Waals surface area contributed by atoms with Gasteiger partial charge >= 0.3 is 0 Å². The normalized spacial score (nSPS) is 24.8. The first-order valence-corrected chi connectivity index (χ1v) is 10.3. The van der Waals surface area contributed by atoms with E-state index in [4.69, 9.17) is 10.00 Å². The first-order chi connectivity index (χ1) is 13.5. The van der Waals surface area contributed by atoms with Crippen LogP contribution < -0.4 is 4.74 Å². The smallest absolute Gasteiger partial charge is 0.222 e. The van der Waals surface area contributed by atoms with E-state index >= 15 is 0 Å². The average Bonchev–Trinajstić information content (AvgIpc) is 2.96. The summed E-state index contributed by atoms with van der Waals surface area (Å²) >= 11 is 0. The number of carbonyl (C=O) groups excluding carboxylic acids is 1. The Labute approximate surface area is 167 Å². The average molecular weight is 386 g/mol. The van der Waals surface area contributed by atoms with Crippen molar-refractivity contribution in [1.29, 1.82) is 5.26 Å². The number of aliphatic hydroxyl groups is 1. The minimum Gasteiger partial charge on any atom is -0.491 e. The van der Waals surface area contributed by atoms with Gasteiger partial charge in [0.1, 0.15) is 18.5 Å². The molecule has 3 rings (SSSR count). The van der Waals surface area contributed by atoms with Crippen LogP contribution in [0.3, 0.4) is 0 Å². The van der Waals surface area contributed by atoms with Crippen molar-refractivity contribution in [2.45, 2.75) is 44.8 Å². The summed E-state index contributed by atoms with van der Waals surface area (Å²) in [5, 5.41) is 19.3. The van der Waals surface area contributed by atoms with Crippen LogP contribution in [0.4, 0.5) is 0 Å². The molecule has 1 aliphatic carbocycles. The highest BCUT2D eigenvalue weighted by Crippen LogP contribution is 2.39. The summed E-state index contributed by atoms with van der Waals surface area (Å²) in [6.45, 7) is 4.52. The van der Waals surface area contributed by atoms with E-state index in [-0.39, 0.29) is 12.5 Å². The highest BCUT2D eigenvalue weighted by Gasteiger charge is 2.45. The fourth-order valence-electron chi connectivity index (χ4n) is 4.81. The van der Waals surface area contributed by atoms with Crippen molar-refractivity contribution in [1.82, 2.24) is 9.80 Å². The largest absolute Gasteiger partial charge is 0.491 e. The van der Waals surface area contributed by atoms with Crippen LogP contribution in [0.25, 0.3) is 0 Å². The molecule has 2 aliphatic rings. The molecule has 2 fully saturated rings. The van der Waals surface area contributed by atoms with Crippen LogP contribution in [-0.2, 0) is 4.79 Å². The molecule has 1 saturated carbocycles. The number of likely N-dealkylation sites (tertiary alicyclic amines) is 1. The second-order valence-corrected chi connectivity index (χ2v) is 8.18. The lowest BCUT2D eigenvalue weighted by Crippen LogP contribution is -2.54. The molecular weight excluding hydrogens is 354 g/mol. The number of carbonyl (C=O) groups is 1. The predicted octanol–water partition coefficient (Wildman–Crippen LogP) is 2.27. The fraction of sp³-hybridized carbons (Fsp3) is 0.636. The molecule has 0 aromatic heterocycles. The Morgan fingerprint density at radius 2 is 1.96 bits per heavy atom. The van der Waals surface area contributed by atoms with Gasteiger partial charge in [-0.05, 0) is 62.4 Å². The number of nitrogens with zero attached hydrogens (tertiary/aromatic N) is 3. The summed E-state index contributed by atoms with van der Waals surface area (Å²) < 4.78 is 5.66. The number of rotatable bonds is 8. The number of benzene rings is 1. The molecular formula is C22H31N3O3. The minimum absolute atomic E-state index is 0.222. The summed E-state index contributed by atoms with van der Waals surface area (Å²) in [5.74, 6) is 1.94. The van der Waals surface area contributed by atoms with Crippen molar-refractivity contribution in [2.75, 3.05) is 33.3 Å². The van der Waals surface area contributed by atoms with Crippen molar-refractivity contribution < 1.29 is 14.6 Å². The maximum Gasteiger partial charge on any atom is 0.222 e. The molecule has 1 aromatic rings. The zero-order valence-corrected chi connectivity index (χ0v) is 16.9. The van der Waals surface area contributed by atoms with Crippen LogP contribution in [0.5, 0.6) is 5.75 Å². The predicted molar refractivity (Wildman–Crippen MR) is 107 cm³/mol. The summed E-state index contributed by atoms with van der Waals surface area (Å²) in [6.07, 6.45) is 3.28. The maximum atomic E-state index is 12.3. The molecule has 1 heterocycles. The standard InChI is InChI=1S/C22H31N3O3/c1-3-4-21(27)25-12-17-7-8-18(13-25)22(17)24(2)14-19(26)15-28-20-9-5-16(11-23)6-10-20/h5-6,9-10,17-19,22,26H,3-4,7-8,12-15H2,1-2H3. The Bertz CT molecular complexity index is 686. The monoisotopic (exact) mass is 385 g/mol. The second kappa shape index (κ2) is 9.40. The van der Waals surface area contributed by atoms with Gasteiger partial charge in [-0.2, -0.15) is 5.26 Å². The Balaban J connectivity index is 1.48. The summed E-state index contributed by atoms with van der Waals surface area (Å²) in [7, 11) is 2.07. The highest BCUT2D eigenvalue weighted by atomic mass is 16.5. The number of likely N-dealkylation sites (N-methyl/N-ethyl adjacent to an activating group) is 1. The Morgan fingerprint density at radius 1 is 1.32 bits per heavy atom. The van der Waals surface area contributed by atoms with E-state index in [2.05, 4.69) is 22.9 Å². The van der Waals surface area contributed by atoms with E-state index in [1.165, 1.54) is 0 Å². The van der Waals surface area contributed by atoms with Crippen LogP contribution >= 0.6 is 0 Å². The van der Waals surface area contributed by atoms with Crippen molar-refractivity contribution in [3.8, 4) is 11.8 Å². The lowest BCUT2D eigenvalue weighted by molar-refractivity contribution is -0.134. The number of hydrogen-bond acceptors (Lipinski definition) is 5. The van der Waals surface area contributed by atoms with Gasteiger partial charge in [0.25, 0.3) is 0 Å². The molecule has 6 nitrogen and oxygen atoms in total. The number of nitriles is 1. The van der Waals surface area contributed by atoms with Crippen LogP contribution in [0, 0.1) is 23.2 Å². The first kappa shape index (κ1) is 20.6. The number of fused-ring (bicyclic) bond motifs is 2. The van der Waals surface area contributed by atoms with Crippen LogP contribution in [0.1, 0.15) is 38.2 Å². The van der Waals surface area contributed by atoms with E-state index in [0.29, 0.717) is 42.2 Å². The van der Waals surface area contributed by atoms with Gasteiger partial charge in [0.05, 0.1) is 11.6 Å². The quantitative estimate of drug-likeness (QED) is 0.743. The van der Waals surface area contributed by atoms with E-state index in [1.54, 1.807) is 24.3 Å². The lowest BCUT2D eigenvalue weighted by Gasteiger charge is -2.43. The number of ether oxygens (including phenoxy) is 1. The van der Waals surface area contributed by atoms with Gasteiger partial charge in [-0.1, -0.05) is 6.92 Å². The van der Waals surface area contributed by atoms with E-state index in [0.717, 1.165) is 32.4 Å². The fourth-order valence-corrected chi connectivity index (χ4v) is 4.81. The molecule has 1 amide bonds. The van der Waals surface area contributed by atoms with E-state index in [1.807, 2.05) is 6.92 Å². The van der Waals surface area contributed by atoms with Gasteiger partial charge in [-0.15, -0.1) is 0 Å². The minimum atomic E-state index is -0.584. The Hall–Kier alpha value is -2.10. The third-order valence-corrected chi connectivity index (χ3v) is 6.03. The van der Waals surface area contributed by atoms with Crippen molar-refractivity contribution in [2.24, 2.45) is 11.8 Å². The molecule has 1 saturated heterocycles. The van der Waals surface area contributed by atoms with Crippen molar-refractivity contribution >= 4 is 5.91 Å². The maximum absolute atomic E-state index is 12.3. The molecule has 3 atom stereocenters. The molecule has 1 aliphatic heterocycles. The number of piperidine rings is 1. The van der Waals surface area contributed by atoms with Crippen molar-refractivity contribution in [3.63, 3.8) is 0 Å². The second-order valence-electron chi connectivity index (χ2n) is 8.18. The summed E-state index contributed by atoms with van der Waals surface area (Å²) in [4.78, 5) is 16.6. The zero-order chi connectivity index (χ0) is 20.1. The lowest BCUT2D eigenvalue weighted by atomic mass is 9.90. The van der Waals surface area contributed by atoms with Crippen molar-refractivity contribution in [3.05, 3.63) is 29.8 Å². The molecule has 2 bridgehead atoms. The van der Waals surface area contributed by atoms with E-state index < -0.39 is 6.10 Å². The molecule has 0 radical (unpaired) electrons. The van der Waals surface area contributed by atoms with Gasteiger partial charge < -0.3 is 19.6 Å². The SMILES string of the molecule is CCCC(=O)N1CC2CCC(C1)C2N(C)CC(O)COc1ccc(C#N)cc1. The summed E-state index contributed by atoms with van der Waals surface area (Å²) in [5.41, 5.74) is 0.590. The van der Waals surface area contributed by atoms with Gasteiger partial charge in [0, 0.05) is 32.1 Å². The van der Waals surface area contributed by atoms with Crippen LogP contribution in [0.2, 0.25) is 0 Å². The number of hydrogen-bond donors (Lipinski definition) is 1. The van der Waals surface area contributed by atoms with E-state index in [9.17, 15) is 9.90 Å². The van der Waals surface area contributed by atoms with Crippen LogP contribution in [0.15, 0.2) is 24.3 Å². The van der Waals surface area contributed by atoms with Gasteiger partial charge in [0.15, 0.2) is 0 Å². The molecule has 1 N–H and O–H groups in total. The topological polar surface area (TPSA) is 76.8 Å². The third kappa shape index (κ3) is 4.84. The van der Waals surface area contributed by atoms with Gasteiger partial charge in [0.2, 0.25) is 5.91 Å². The number of amides is 1. The van der Waals surface area contributed by atoms with Gasteiger partial charge in [-0.3, -0.25) is 4.79 Å². The number of aliphatic hydroxyl groups excluding tert-OH is 1. The highest BCUT2D eigenvalue weighted by molar-refractivity contribution is 5.76. The Kier molecular flexibility index (Phi) is 6.93. The first-order valence-electron chi connectivity index (χ1n) is 10.3. The van der Waals surface area contributed by atoms with Gasteiger partial charge in [-0.25, -0.2) is 0 Å². The molecule has 6 heteroatoms. The molecule has 3 unspecified atom stereocenters. The van der Waals surface area contributed by atoms with Crippen LogP contribution in [-0.4, -0.2) is 66.2 Å². The summed E-state index contributed by atoms with van der Waals surface area (Å²) in [6, 6.07) is 9.41. The molecule has 28 heavy (non-hydrogen) atoms. The Morgan fingerprint density at radius 3 is 2.54 bits per heavy atom. The molecule has 0 spiro atoms. The molecule has 1 aromatic carbocycles. The zero-order valence-electron chi connectivity index (χ0n) is 16.9.